The van der Waals surface area contributed by atoms with Crippen molar-refractivity contribution in [1.29, 1.82) is 5.26 Å². The van der Waals surface area contributed by atoms with Crippen LogP contribution < -0.4 is 16.8 Å². The molecule has 146 valence electrons. The lowest BCUT2D eigenvalue weighted by atomic mass is 10.1. The van der Waals surface area contributed by atoms with Gasteiger partial charge in [-0.05, 0) is 36.6 Å². The zero-order chi connectivity index (χ0) is 20.7. The molecule has 2 aromatic heterocycles. The fourth-order valence-corrected chi connectivity index (χ4v) is 3.46. The molecule has 0 atom stereocenters. The van der Waals surface area contributed by atoms with Crippen LogP contribution in [0, 0.1) is 11.3 Å². The first-order valence-electron chi connectivity index (χ1n) is 8.58. The fraction of sp³-hybridized carbons (Fsp3) is 0.222. The van der Waals surface area contributed by atoms with E-state index in [-0.39, 0.29) is 33.8 Å². The summed E-state index contributed by atoms with van der Waals surface area (Å²) in [6.07, 6.45) is 2.14. The van der Waals surface area contributed by atoms with E-state index in [1.54, 1.807) is 12.1 Å². The Morgan fingerprint density at radius 1 is 1.14 bits per heavy atom. The molecule has 1 saturated carbocycles. The molecule has 0 saturated heterocycles. The van der Waals surface area contributed by atoms with Crippen LogP contribution in [0.5, 0.6) is 0 Å². The molecule has 29 heavy (non-hydrogen) atoms. The molecule has 11 heteroatoms. The minimum atomic E-state index is -0.876. The van der Waals surface area contributed by atoms with E-state index in [2.05, 4.69) is 10.2 Å². The Labute approximate surface area is 172 Å². The Bertz CT molecular complexity index is 1320. The maximum absolute atomic E-state index is 12.1. The molecule has 3 aromatic rings. The van der Waals surface area contributed by atoms with E-state index < -0.39 is 16.9 Å². The van der Waals surface area contributed by atoms with Crippen LogP contribution in [0.2, 0.25) is 10.0 Å². The van der Waals surface area contributed by atoms with Crippen molar-refractivity contribution in [3.05, 3.63) is 82.5 Å². The molecule has 0 bridgehead atoms. The number of hydrogen-bond donors (Lipinski definition) is 1. The lowest BCUT2D eigenvalue weighted by Gasteiger charge is -2.11. The second-order valence-corrected chi connectivity index (χ2v) is 7.35. The van der Waals surface area contributed by atoms with E-state index in [4.69, 9.17) is 28.5 Å². The van der Waals surface area contributed by atoms with Crippen LogP contribution in [0.25, 0.3) is 5.69 Å². The monoisotopic (exact) mass is 430 g/mol. The van der Waals surface area contributed by atoms with Gasteiger partial charge >= 0.3 is 5.69 Å². The molecule has 1 aliphatic carbocycles. The number of halogens is 2. The summed E-state index contributed by atoms with van der Waals surface area (Å²) >= 11 is 12.8. The van der Waals surface area contributed by atoms with Gasteiger partial charge in [-0.3, -0.25) is 14.6 Å². The Hall–Kier alpha value is -3.22. The maximum Gasteiger partial charge on any atom is 0.349 e. The summed E-state index contributed by atoms with van der Waals surface area (Å²) in [6, 6.07) is 7.74. The second kappa shape index (κ2) is 7.31. The third-order valence-corrected chi connectivity index (χ3v) is 5.11. The number of rotatable bonds is 4. The predicted octanol–water partition coefficient (Wildman–Crippen LogP) is 1.58. The highest BCUT2D eigenvalue weighted by Crippen LogP contribution is 2.33. The highest BCUT2D eigenvalue weighted by atomic mass is 35.5. The van der Waals surface area contributed by atoms with Crippen LogP contribution in [0.4, 0.5) is 0 Å². The summed E-state index contributed by atoms with van der Waals surface area (Å²) in [5, 5.41) is 17.6. The summed E-state index contributed by atoms with van der Waals surface area (Å²) in [7, 11) is 0. The Morgan fingerprint density at radius 3 is 2.45 bits per heavy atom. The van der Waals surface area contributed by atoms with Crippen molar-refractivity contribution in [2.24, 2.45) is 0 Å². The van der Waals surface area contributed by atoms with Gasteiger partial charge in [0.25, 0.3) is 11.1 Å². The van der Waals surface area contributed by atoms with E-state index >= 15 is 0 Å². The number of nitrogens with one attached hydrogen (secondary N) is 1. The molecule has 1 fully saturated rings. The van der Waals surface area contributed by atoms with Gasteiger partial charge < -0.3 is 0 Å². The van der Waals surface area contributed by atoms with Gasteiger partial charge in [-0.15, -0.1) is 5.10 Å². The third kappa shape index (κ3) is 3.72. The number of H-pyrrole nitrogens is 1. The highest BCUT2D eigenvalue weighted by Gasteiger charge is 2.26. The zero-order valence-corrected chi connectivity index (χ0v) is 16.2. The molecule has 0 aliphatic heterocycles. The van der Waals surface area contributed by atoms with Gasteiger partial charge in [-0.2, -0.15) is 15.0 Å². The molecular formula is C18H12Cl2N6O3. The number of hydrogen-bond acceptors (Lipinski definition) is 6. The molecular weight excluding hydrogens is 419 g/mol. The maximum atomic E-state index is 12.1. The largest absolute Gasteiger partial charge is 0.349 e. The molecule has 1 N–H and O–H groups in total. The van der Waals surface area contributed by atoms with Crippen molar-refractivity contribution in [3.63, 3.8) is 0 Å². The van der Waals surface area contributed by atoms with Crippen molar-refractivity contribution >= 4 is 23.2 Å². The smallest absolute Gasteiger partial charge is 0.270 e. The lowest BCUT2D eigenvalue weighted by Crippen LogP contribution is -2.33. The van der Waals surface area contributed by atoms with Crippen LogP contribution >= 0.6 is 23.2 Å². The van der Waals surface area contributed by atoms with Gasteiger partial charge in [-0.1, -0.05) is 23.2 Å². The van der Waals surface area contributed by atoms with Crippen LogP contribution in [0.1, 0.15) is 35.8 Å². The minimum absolute atomic E-state index is 0.142. The van der Waals surface area contributed by atoms with Gasteiger partial charge in [0.1, 0.15) is 6.07 Å². The average molecular weight is 431 g/mol. The number of nitriles is 1. The minimum Gasteiger partial charge on any atom is -0.270 e. The number of nitrogens with zero attached hydrogens (tertiary/aromatic N) is 5. The molecule has 0 unspecified atom stereocenters. The molecule has 9 nitrogen and oxygen atoms in total. The quantitative estimate of drug-likeness (QED) is 0.669. The first kappa shape index (κ1) is 19.1. The summed E-state index contributed by atoms with van der Waals surface area (Å²) in [4.78, 5) is 37.5. The number of benzene rings is 1. The van der Waals surface area contributed by atoms with Gasteiger partial charge in [0.15, 0.2) is 0 Å². The SMILES string of the molecule is N#Cc1nn(-c2cc(Cl)c(Cc3ccc(=O)n(C4CC4)n3)c(Cl)c2)c(=O)[nH]c1=O. The Morgan fingerprint density at radius 2 is 1.83 bits per heavy atom. The topological polar surface area (TPSA) is 126 Å². The van der Waals surface area contributed by atoms with Crippen LogP contribution in [0.15, 0.2) is 38.6 Å². The summed E-state index contributed by atoms with van der Waals surface area (Å²) < 4.78 is 2.31. The van der Waals surface area contributed by atoms with E-state index in [0.717, 1.165) is 17.5 Å². The van der Waals surface area contributed by atoms with Gasteiger partial charge in [-0.25, -0.2) is 9.48 Å². The van der Waals surface area contributed by atoms with Crippen molar-refractivity contribution < 1.29 is 0 Å². The first-order chi connectivity index (χ1) is 13.9. The highest BCUT2D eigenvalue weighted by molar-refractivity contribution is 6.36. The van der Waals surface area contributed by atoms with Crippen LogP contribution in [0.3, 0.4) is 0 Å². The van der Waals surface area contributed by atoms with Crippen molar-refractivity contribution in [1.82, 2.24) is 24.5 Å². The van der Waals surface area contributed by atoms with E-state index in [0.29, 0.717) is 11.3 Å². The summed E-state index contributed by atoms with van der Waals surface area (Å²) in [5.74, 6) is 0. The third-order valence-electron chi connectivity index (χ3n) is 4.44. The molecule has 2 heterocycles. The lowest BCUT2D eigenvalue weighted by molar-refractivity contribution is 0.585. The zero-order valence-electron chi connectivity index (χ0n) is 14.7. The standard InChI is InChI=1S/C18H12Cl2N6O3/c19-13-6-11(26-18(29)22-17(28)15(8-21)24-26)7-14(20)12(13)5-9-1-4-16(27)25(23-9)10-2-3-10/h1,4,6-7,10H,2-3,5H2,(H,22,28,29). The molecule has 1 aromatic carbocycles. The molecule has 0 spiro atoms. The molecule has 1 aliphatic rings. The summed E-state index contributed by atoms with van der Waals surface area (Å²) in [6.45, 7) is 0. The summed E-state index contributed by atoms with van der Waals surface area (Å²) in [5.41, 5.74) is -0.945. The van der Waals surface area contributed by atoms with Crippen LogP contribution in [-0.4, -0.2) is 24.5 Å². The average Bonchev–Trinajstić information content (AvgIpc) is 3.51. The first-order valence-corrected chi connectivity index (χ1v) is 9.34. The van der Waals surface area contributed by atoms with Crippen molar-refractivity contribution in [2.45, 2.75) is 25.3 Å². The van der Waals surface area contributed by atoms with E-state index in [9.17, 15) is 14.4 Å². The van der Waals surface area contributed by atoms with Gasteiger partial charge in [0.05, 0.1) is 17.4 Å². The molecule has 4 rings (SSSR count). The van der Waals surface area contributed by atoms with Crippen molar-refractivity contribution in [2.75, 3.05) is 0 Å². The van der Waals surface area contributed by atoms with E-state index in [1.165, 1.54) is 22.9 Å². The number of aromatic nitrogens is 5. The molecule has 0 radical (unpaired) electrons. The van der Waals surface area contributed by atoms with Gasteiger partial charge in [0.2, 0.25) is 5.69 Å². The number of aromatic amines is 1. The normalized spacial score (nSPS) is 13.3. The van der Waals surface area contributed by atoms with Crippen LogP contribution in [-0.2, 0) is 6.42 Å². The second-order valence-electron chi connectivity index (χ2n) is 6.53. The fourth-order valence-electron chi connectivity index (χ4n) is 2.85. The predicted molar refractivity (Wildman–Crippen MR) is 105 cm³/mol. The van der Waals surface area contributed by atoms with Gasteiger partial charge in [0, 0.05) is 22.5 Å². The Balaban J connectivity index is 1.73. The van der Waals surface area contributed by atoms with E-state index in [1.807, 2.05) is 4.98 Å². The molecule has 0 amide bonds. The Kier molecular flexibility index (Phi) is 4.82. The van der Waals surface area contributed by atoms with Crippen molar-refractivity contribution in [3.8, 4) is 11.8 Å².